The summed E-state index contributed by atoms with van der Waals surface area (Å²) in [4.78, 5) is 111. The first-order chi connectivity index (χ1) is 35.4. The summed E-state index contributed by atoms with van der Waals surface area (Å²) in [7, 11) is 4.51. The van der Waals surface area contributed by atoms with Gasteiger partial charge in [-0.15, -0.1) is 11.6 Å². The molecule has 0 aliphatic rings. The third kappa shape index (κ3) is 22.1. The maximum atomic E-state index is 12.1. The van der Waals surface area contributed by atoms with Crippen molar-refractivity contribution in [2.45, 2.75) is 33.1 Å². The molecule has 4 rings (SSSR count). The van der Waals surface area contributed by atoms with Crippen LogP contribution in [0.3, 0.4) is 0 Å². The van der Waals surface area contributed by atoms with E-state index in [0.29, 0.717) is 28.4 Å². The van der Waals surface area contributed by atoms with Gasteiger partial charge in [0.2, 0.25) is 0 Å². The van der Waals surface area contributed by atoms with Crippen LogP contribution in [0.1, 0.15) is 62.2 Å². The highest BCUT2D eigenvalue weighted by atomic mass is 35.5. The Morgan fingerprint density at radius 3 is 1.08 bits per heavy atom. The van der Waals surface area contributed by atoms with Gasteiger partial charge in [0.25, 0.3) is 11.6 Å². The number of benzene rings is 4. The number of halogens is 11. The van der Waals surface area contributed by atoms with Crippen molar-refractivity contribution in [3.63, 3.8) is 0 Å². The van der Waals surface area contributed by atoms with Crippen molar-refractivity contribution in [1.29, 1.82) is 0 Å². The fraction of sp³-hybridized carbons (Fsp3) is 0.170. The van der Waals surface area contributed by atoms with Gasteiger partial charge in [0.05, 0.1) is 70.7 Å². The number of carbonyl (C=O) groups excluding carboxylic acids is 10. The van der Waals surface area contributed by atoms with Gasteiger partial charge in [-0.05, 0) is 93.6 Å². The molecule has 4 aromatic carbocycles. The van der Waals surface area contributed by atoms with Gasteiger partial charge in [0.1, 0.15) is 17.2 Å². The van der Waals surface area contributed by atoms with Crippen molar-refractivity contribution in [2.24, 2.45) is 0 Å². The summed E-state index contributed by atoms with van der Waals surface area (Å²) in [5, 5.41) is 0.126. The lowest BCUT2D eigenvalue weighted by Gasteiger charge is -2.09. The minimum Gasteiger partial charge on any atom is -0.497 e. The number of hydrogen-bond acceptors (Lipinski definition) is 13. The molecule has 0 aromatic heterocycles. The van der Waals surface area contributed by atoms with Gasteiger partial charge in [-0.25, -0.2) is 0 Å². The maximum Gasteiger partial charge on any atom is 0.454 e. The largest absolute Gasteiger partial charge is 0.497 e. The second kappa shape index (κ2) is 31.7. The lowest BCUT2D eigenvalue weighted by molar-refractivity contribution is -0.166. The van der Waals surface area contributed by atoms with E-state index in [1.165, 1.54) is 59.3 Å². The Morgan fingerprint density at radius 2 is 0.779 bits per heavy atom. The van der Waals surface area contributed by atoms with Crippen LogP contribution >= 0.6 is 58.0 Å². The molecular formula is C53H43Cl5F6O13. The normalized spacial score (nSPS) is 10.2. The fourth-order valence-corrected chi connectivity index (χ4v) is 6.03. The molecule has 0 amide bonds. The quantitative estimate of drug-likeness (QED) is 0.0228. The average molecular weight is 1180 g/mol. The Bertz CT molecular complexity index is 2930. The number of ether oxygens (including phenoxy) is 3. The molecule has 0 saturated carbocycles. The second-order valence-electron chi connectivity index (χ2n) is 14.6. The third-order valence-electron chi connectivity index (χ3n) is 9.25. The van der Waals surface area contributed by atoms with E-state index in [0.717, 1.165) is 12.1 Å². The maximum absolute atomic E-state index is 12.1. The molecule has 0 heterocycles. The number of alkyl halides is 7. The van der Waals surface area contributed by atoms with Crippen molar-refractivity contribution in [2.75, 3.05) is 27.2 Å². The average Bonchev–Trinajstić information content (AvgIpc) is 3.38. The van der Waals surface area contributed by atoms with E-state index in [4.69, 9.17) is 72.2 Å². The first kappa shape index (κ1) is 69.7. The van der Waals surface area contributed by atoms with E-state index in [1.807, 2.05) is 0 Å². The van der Waals surface area contributed by atoms with Crippen LogP contribution in [0.5, 0.6) is 17.2 Å². The van der Waals surface area contributed by atoms with Gasteiger partial charge in [-0.2, -0.15) is 26.3 Å². The van der Waals surface area contributed by atoms with Crippen molar-refractivity contribution in [3.8, 4) is 17.2 Å². The minimum atomic E-state index is -5.15. The highest BCUT2D eigenvalue weighted by Crippen LogP contribution is 2.29. The number of carbonyl (C=O) groups is 10. The molecular weight excluding hydrogens is 1140 g/mol. The third-order valence-corrected chi connectivity index (χ3v) is 10.6. The molecule has 0 aliphatic heterocycles. The Balaban J connectivity index is 0.000000952. The van der Waals surface area contributed by atoms with Gasteiger partial charge in [0, 0.05) is 32.8 Å². The van der Waals surface area contributed by atoms with Gasteiger partial charge in [-0.3, -0.25) is 47.9 Å². The van der Waals surface area contributed by atoms with E-state index < -0.39 is 58.2 Å². The molecule has 0 N–H and O–H groups in total. The SMILES string of the molecule is C=C(C(=O)c1ccc(Cl)cc1Cl)C(=O)C(F)(F)F.C=C(C(=O)c1ccc(Cl)cc1Cl)C(=O)C(F)(F)F.C=C(C(C)=O)C(=O)CCl.C=C(C(C)=O)C(=O)c1ccc(OC)cc1.C=C(C(C)=O)C(=O)c1ccc(OC)cc1OC. The van der Waals surface area contributed by atoms with Crippen LogP contribution < -0.4 is 14.2 Å². The molecule has 13 nitrogen and oxygen atoms in total. The molecule has 410 valence electrons. The number of methoxy groups -OCH3 is 3. The van der Waals surface area contributed by atoms with E-state index in [2.05, 4.69) is 32.9 Å². The highest BCUT2D eigenvalue weighted by molar-refractivity contribution is 6.40. The fourth-order valence-electron chi connectivity index (χ4n) is 4.88. The predicted molar refractivity (Wildman–Crippen MR) is 278 cm³/mol. The number of Topliss-reactive ketones (excluding diaryl/α,β-unsaturated/α-hetero) is 10. The van der Waals surface area contributed by atoms with Crippen LogP contribution in [0.4, 0.5) is 26.3 Å². The summed E-state index contributed by atoms with van der Waals surface area (Å²) in [5.41, 5.74) is -2.24. The standard InChI is InChI=1S/C13H14O4.C12H12O3.2C11H5Cl2F3O2.C6H7ClO2/c1-8(9(2)14)13(15)11-6-5-10(16-3)7-12(11)17-4;1-8(9(2)13)12(14)10-4-6-11(15-3)7-5-10;2*1-5(10(18)11(14,15)16)9(17)7-3-2-6(12)4-8(7)13;1-4(5(2)8)6(9)3-7/h5-7H,1H2,2-4H3;4-7H,1H2,2-3H3;2*2-4H,1H2;1,3H2,2H3. The summed E-state index contributed by atoms with van der Waals surface area (Å²) < 4.78 is 87.8. The molecule has 0 bridgehead atoms. The van der Waals surface area contributed by atoms with Crippen molar-refractivity contribution in [3.05, 3.63) is 182 Å². The van der Waals surface area contributed by atoms with Gasteiger partial charge in [-0.1, -0.05) is 79.3 Å². The number of allylic oxidation sites excluding steroid dienone is 5. The van der Waals surface area contributed by atoms with Crippen LogP contribution in [-0.4, -0.2) is 97.4 Å². The van der Waals surface area contributed by atoms with E-state index in [1.54, 1.807) is 49.6 Å². The molecule has 4 aromatic rings. The van der Waals surface area contributed by atoms with E-state index in [-0.39, 0.29) is 76.9 Å². The van der Waals surface area contributed by atoms with Gasteiger partial charge in [0.15, 0.2) is 46.3 Å². The second-order valence-corrected chi connectivity index (χ2v) is 16.6. The topological polar surface area (TPSA) is 198 Å². The predicted octanol–water partition coefficient (Wildman–Crippen LogP) is 12.7. The summed E-state index contributed by atoms with van der Waals surface area (Å²) in [6.45, 7) is 19.8. The molecule has 0 fully saturated rings. The Kier molecular flexibility index (Phi) is 28.7. The Labute approximate surface area is 461 Å². The number of hydrogen-bond donors (Lipinski definition) is 0. The Hall–Kier alpha value is -7.29. The monoisotopic (exact) mass is 1180 g/mol. The van der Waals surface area contributed by atoms with Crippen molar-refractivity contribution >= 4 is 116 Å². The lowest BCUT2D eigenvalue weighted by Crippen LogP contribution is -2.27. The van der Waals surface area contributed by atoms with Crippen molar-refractivity contribution in [1.82, 2.24) is 0 Å². The summed E-state index contributed by atoms with van der Waals surface area (Å²) >= 11 is 27.6. The zero-order chi connectivity index (χ0) is 60.0. The highest BCUT2D eigenvalue weighted by Gasteiger charge is 2.43. The van der Waals surface area contributed by atoms with Crippen LogP contribution in [-0.2, 0) is 28.8 Å². The molecule has 0 spiro atoms. The zero-order valence-corrected chi connectivity index (χ0v) is 45.0. The molecule has 0 atom stereocenters. The molecule has 0 unspecified atom stereocenters. The zero-order valence-electron chi connectivity index (χ0n) is 41.2. The lowest BCUT2D eigenvalue weighted by atomic mass is 10.0. The van der Waals surface area contributed by atoms with E-state index in [9.17, 15) is 74.3 Å². The molecule has 0 aliphatic carbocycles. The van der Waals surface area contributed by atoms with Gasteiger partial charge >= 0.3 is 12.4 Å². The van der Waals surface area contributed by atoms with Crippen LogP contribution in [0, 0.1) is 0 Å². The molecule has 77 heavy (non-hydrogen) atoms. The molecule has 0 saturated heterocycles. The Morgan fingerprint density at radius 1 is 0.442 bits per heavy atom. The number of ketones is 10. The van der Waals surface area contributed by atoms with Gasteiger partial charge < -0.3 is 14.2 Å². The number of rotatable bonds is 18. The van der Waals surface area contributed by atoms with Crippen LogP contribution in [0.25, 0.3) is 0 Å². The first-order valence-corrected chi connectivity index (χ1v) is 22.7. The van der Waals surface area contributed by atoms with Crippen LogP contribution in [0.2, 0.25) is 20.1 Å². The smallest absolute Gasteiger partial charge is 0.454 e. The summed E-state index contributed by atoms with van der Waals surface area (Å²) in [6.07, 6.45) is -10.3. The summed E-state index contributed by atoms with van der Waals surface area (Å²) in [6, 6.07) is 18.5. The summed E-state index contributed by atoms with van der Waals surface area (Å²) in [5.74, 6) is -7.67. The van der Waals surface area contributed by atoms with Crippen LogP contribution in [0.15, 0.2) is 140 Å². The van der Waals surface area contributed by atoms with Crippen molar-refractivity contribution < 1.29 is 88.5 Å². The molecule has 0 radical (unpaired) electrons. The minimum absolute atomic E-state index is 0.000154. The molecule has 24 heteroatoms. The van der Waals surface area contributed by atoms with E-state index >= 15 is 0 Å². The first-order valence-electron chi connectivity index (χ1n) is 20.7.